The lowest BCUT2D eigenvalue weighted by Crippen LogP contribution is -2.49. The molecule has 1 N–H and O–H groups in total. The lowest BCUT2D eigenvalue weighted by atomic mass is 10.1. The van der Waals surface area contributed by atoms with Gasteiger partial charge in [-0.3, -0.25) is 14.9 Å². The standard InChI is InChI=1S/C11H11N3O3/c15-11-8-6-7(14(16)17)3-4-9(8)13-5-1-2-10(13)12-11/h3-4,6,10H,1-2,5H2,(H,12,15). The van der Waals surface area contributed by atoms with E-state index < -0.39 is 4.92 Å². The largest absolute Gasteiger partial charge is 0.351 e. The van der Waals surface area contributed by atoms with Gasteiger partial charge in [-0.1, -0.05) is 0 Å². The summed E-state index contributed by atoms with van der Waals surface area (Å²) in [5.74, 6) is -0.216. The van der Waals surface area contributed by atoms with Crippen molar-refractivity contribution in [2.45, 2.75) is 19.0 Å². The van der Waals surface area contributed by atoms with Gasteiger partial charge < -0.3 is 10.2 Å². The van der Waals surface area contributed by atoms with E-state index in [2.05, 4.69) is 10.2 Å². The van der Waals surface area contributed by atoms with Crippen molar-refractivity contribution in [1.29, 1.82) is 0 Å². The Morgan fingerprint density at radius 3 is 3.06 bits per heavy atom. The van der Waals surface area contributed by atoms with Crippen molar-refractivity contribution in [1.82, 2.24) is 5.32 Å². The van der Waals surface area contributed by atoms with Crippen LogP contribution in [0.5, 0.6) is 0 Å². The van der Waals surface area contributed by atoms with E-state index in [0.717, 1.165) is 25.1 Å². The molecule has 0 aliphatic carbocycles. The quantitative estimate of drug-likeness (QED) is 0.585. The van der Waals surface area contributed by atoms with Gasteiger partial charge in [0.2, 0.25) is 0 Å². The van der Waals surface area contributed by atoms with Gasteiger partial charge in [-0.2, -0.15) is 0 Å². The van der Waals surface area contributed by atoms with Crippen molar-refractivity contribution in [3.8, 4) is 0 Å². The van der Waals surface area contributed by atoms with Crippen molar-refractivity contribution >= 4 is 17.3 Å². The van der Waals surface area contributed by atoms with E-state index in [1.165, 1.54) is 12.1 Å². The number of non-ortho nitro benzene ring substituents is 1. The molecule has 3 rings (SSSR count). The summed E-state index contributed by atoms with van der Waals surface area (Å²) in [6.45, 7) is 0.885. The molecule has 1 atom stereocenters. The fourth-order valence-electron chi connectivity index (χ4n) is 2.50. The first-order chi connectivity index (χ1) is 8.16. The molecule has 1 aromatic rings. The molecule has 0 spiro atoms. The lowest BCUT2D eigenvalue weighted by Gasteiger charge is -2.33. The second-order valence-corrected chi connectivity index (χ2v) is 4.28. The summed E-state index contributed by atoms with van der Waals surface area (Å²) in [7, 11) is 0. The third-order valence-corrected chi connectivity index (χ3v) is 3.30. The zero-order chi connectivity index (χ0) is 12.0. The molecular formula is C11H11N3O3. The lowest BCUT2D eigenvalue weighted by molar-refractivity contribution is -0.384. The Labute approximate surface area is 97.4 Å². The van der Waals surface area contributed by atoms with Crippen LogP contribution in [0, 0.1) is 10.1 Å². The Morgan fingerprint density at radius 1 is 1.47 bits per heavy atom. The molecule has 0 radical (unpaired) electrons. The van der Waals surface area contributed by atoms with Gasteiger partial charge in [-0.25, -0.2) is 0 Å². The normalized spacial score (nSPS) is 21.8. The summed E-state index contributed by atoms with van der Waals surface area (Å²) in [6.07, 6.45) is 2.01. The number of hydrogen-bond acceptors (Lipinski definition) is 4. The second-order valence-electron chi connectivity index (χ2n) is 4.28. The molecule has 2 aliphatic rings. The Hall–Kier alpha value is -2.11. The number of nitro groups is 1. The first kappa shape index (κ1) is 10.1. The van der Waals surface area contributed by atoms with Gasteiger partial charge in [0.05, 0.1) is 16.2 Å². The molecule has 2 heterocycles. The SMILES string of the molecule is O=C1NC2CCCN2c2ccc([N+](=O)[O-])cc21. The number of amides is 1. The van der Waals surface area contributed by atoms with E-state index in [1.807, 2.05) is 0 Å². The molecule has 0 aromatic heterocycles. The number of nitrogens with zero attached hydrogens (tertiary/aromatic N) is 2. The maximum absolute atomic E-state index is 11.8. The molecule has 2 aliphatic heterocycles. The highest BCUT2D eigenvalue weighted by molar-refractivity contribution is 6.02. The third-order valence-electron chi connectivity index (χ3n) is 3.30. The van der Waals surface area contributed by atoms with Gasteiger partial charge in [0, 0.05) is 18.7 Å². The van der Waals surface area contributed by atoms with Crippen molar-refractivity contribution in [3.63, 3.8) is 0 Å². The predicted molar refractivity (Wildman–Crippen MR) is 60.9 cm³/mol. The molecule has 17 heavy (non-hydrogen) atoms. The van der Waals surface area contributed by atoms with Crippen LogP contribution in [0.4, 0.5) is 11.4 Å². The average molecular weight is 233 g/mol. The van der Waals surface area contributed by atoms with Crippen LogP contribution in [-0.2, 0) is 0 Å². The molecule has 0 bridgehead atoms. The van der Waals surface area contributed by atoms with Crippen LogP contribution in [-0.4, -0.2) is 23.5 Å². The number of anilines is 1. The number of hydrogen-bond donors (Lipinski definition) is 1. The van der Waals surface area contributed by atoms with E-state index in [-0.39, 0.29) is 17.8 Å². The summed E-state index contributed by atoms with van der Waals surface area (Å²) >= 11 is 0. The zero-order valence-electron chi connectivity index (χ0n) is 9.05. The monoisotopic (exact) mass is 233 g/mol. The minimum atomic E-state index is -0.483. The Balaban J connectivity index is 2.10. The van der Waals surface area contributed by atoms with Crippen LogP contribution in [0.2, 0.25) is 0 Å². The van der Waals surface area contributed by atoms with Gasteiger partial charge >= 0.3 is 0 Å². The van der Waals surface area contributed by atoms with Crippen molar-refractivity contribution in [3.05, 3.63) is 33.9 Å². The Kier molecular flexibility index (Phi) is 2.04. The molecule has 1 amide bonds. The number of nitrogens with one attached hydrogen (secondary N) is 1. The molecule has 0 saturated carbocycles. The molecule has 88 valence electrons. The highest BCUT2D eigenvalue weighted by Crippen LogP contribution is 2.33. The van der Waals surface area contributed by atoms with Gasteiger partial charge in [-0.15, -0.1) is 0 Å². The van der Waals surface area contributed by atoms with Crippen molar-refractivity contribution in [2.24, 2.45) is 0 Å². The summed E-state index contributed by atoms with van der Waals surface area (Å²) < 4.78 is 0. The molecule has 1 saturated heterocycles. The number of fused-ring (bicyclic) bond motifs is 3. The van der Waals surface area contributed by atoms with Crippen molar-refractivity contribution < 1.29 is 9.72 Å². The smallest absolute Gasteiger partial charge is 0.270 e. The van der Waals surface area contributed by atoms with E-state index >= 15 is 0 Å². The summed E-state index contributed by atoms with van der Waals surface area (Å²) in [4.78, 5) is 24.1. The first-order valence-corrected chi connectivity index (χ1v) is 5.53. The second kappa shape index (κ2) is 3.44. The molecule has 1 unspecified atom stereocenters. The van der Waals surface area contributed by atoms with Crippen LogP contribution < -0.4 is 10.2 Å². The number of nitro benzene ring substituents is 1. The molecule has 6 nitrogen and oxygen atoms in total. The van der Waals surface area contributed by atoms with E-state index in [9.17, 15) is 14.9 Å². The zero-order valence-corrected chi connectivity index (χ0v) is 9.05. The maximum atomic E-state index is 11.8. The minimum Gasteiger partial charge on any atom is -0.351 e. The van der Waals surface area contributed by atoms with Gasteiger partial charge in [0.1, 0.15) is 6.17 Å². The number of benzene rings is 1. The molecule has 6 heteroatoms. The van der Waals surface area contributed by atoms with E-state index in [0.29, 0.717) is 5.56 Å². The van der Waals surface area contributed by atoms with Gasteiger partial charge in [-0.05, 0) is 18.9 Å². The van der Waals surface area contributed by atoms with E-state index in [1.54, 1.807) is 6.07 Å². The van der Waals surface area contributed by atoms with Crippen LogP contribution in [0.1, 0.15) is 23.2 Å². The topological polar surface area (TPSA) is 75.5 Å². The van der Waals surface area contributed by atoms with Gasteiger partial charge in [0.15, 0.2) is 0 Å². The maximum Gasteiger partial charge on any atom is 0.270 e. The Morgan fingerprint density at radius 2 is 2.29 bits per heavy atom. The van der Waals surface area contributed by atoms with Crippen LogP contribution >= 0.6 is 0 Å². The highest BCUT2D eigenvalue weighted by atomic mass is 16.6. The number of carbonyl (C=O) groups excluding carboxylic acids is 1. The number of rotatable bonds is 1. The summed E-state index contributed by atoms with van der Waals surface area (Å²) in [6, 6.07) is 4.47. The third kappa shape index (κ3) is 1.44. The minimum absolute atomic E-state index is 0.0449. The predicted octanol–water partition coefficient (Wildman–Crippen LogP) is 1.26. The fourth-order valence-corrected chi connectivity index (χ4v) is 2.50. The summed E-state index contributed by atoms with van der Waals surface area (Å²) in [5, 5.41) is 13.5. The molecule has 1 aromatic carbocycles. The van der Waals surface area contributed by atoms with Crippen LogP contribution in [0.25, 0.3) is 0 Å². The fraction of sp³-hybridized carbons (Fsp3) is 0.364. The first-order valence-electron chi connectivity index (χ1n) is 5.53. The van der Waals surface area contributed by atoms with Crippen LogP contribution in [0.3, 0.4) is 0 Å². The number of carbonyl (C=O) groups is 1. The highest BCUT2D eigenvalue weighted by Gasteiger charge is 2.34. The van der Waals surface area contributed by atoms with E-state index in [4.69, 9.17) is 0 Å². The molecular weight excluding hydrogens is 222 g/mol. The van der Waals surface area contributed by atoms with Gasteiger partial charge in [0.25, 0.3) is 11.6 Å². The van der Waals surface area contributed by atoms with Crippen LogP contribution in [0.15, 0.2) is 18.2 Å². The average Bonchev–Trinajstić information content (AvgIpc) is 2.76. The molecule has 1 fully saturated rings. The summed E-state index contributed by atoms with van der Waals surface area (Å²) in [5.41, 5.74) is 1.16. The Bertz CT molecular complexity index is 515. The van der Waals surface area contributed by atoms with Crippen molar-refractivity contribution in [2.75, 3.05) is 11.4 Å².